The Balaban J connectivity index is 2.17. The van der Waals surface area contributed by atoms with E-state index in [-0.39, 0.29) is 37.1 Å². The van der Waals surface area contributed by atoms with Crippen LogP contribution < -0.4 is 10.6 Å². The number of hydrogen-bond acceptors (Lipinski definition) is 5. The number of nitriles is 1. The Morgan fingerprint density at radius 3 is 2.34 bits per heavy atom. The maximum atomic E-state index is 13.6. The number of aliphatic hydroxyl groups is 2. The van der Waals surface area contributed by atoms with Crippen LogP contribution in [0.3, 0.4) is 0 Å². The summed E-state index contributed by atoms with van der Waals surface area (Å²) in [6.45, 7) is 5.95. The fourth-order valence-electron chi connectivity index (χ4n) is 5.00. The second-order valence-electron chi connectivity index (χ2n) is 10.5. The first-order valence-corrected chi connectivity index (χ1v) is 12.5. The molecular weight excluding hydrogens is 485 g/mol. The van der Waals surface area contributed by atoms with Gasteiger partial charge in [0.2, 0.25) is 5.91 Å². The number of carbonyl (C=O) groups excluding carboxylic acids is 1. The van der Waals surface area contributed by atoms with E-state index >= 15 is 0 Å². The number of benzene rings is 2. The molecule has 0 spiro atoms. The summed E-state index contributed by atoms with van der Waals surface area (Å²) in [5.74, 6) is -1.32. The Hall–Kier alpha value is -2.14. The minimum atomic E-state index is -1.09. The van der Waals surface area contributed by atoms with Crippen molar-refractivity contribution in [1.82, 2.24) is 10.6 Å². The average Bonchev–Trinajstić information content (AvgIpc) is 3.13. The second kappa shape index (κ2) is 11.3. The predicted octanol–water partition coefficient (Wildman–Crippen LogP) is 4.03. The number of nitrogens with zero attached hydrogens (tertiary/aromatic N) is 1. The lowest BCUT2D eigenvalue weighted by atomic mass is 9.63. The van der Waals surface area contributed by atoms with Gasteiger partial charge in [-0.2, -0.15) is 5.26 Å². The van der Waals surface area contributed by atoms with Gasteiger partial charge in [-0.1, -0.05) is 68.2 Å². The molecule has 0 radical (unpaired) electrons. The molecule has 35 heavy (non-hydrogen) atoms. The third-order valence-corrected chi connectivity index (χ3v) is 7.14. The van der Waals surface area contributed by atoms with Crippen molar-refractivity contribution in [2.75, 3.05) is 19.8 Å². The quantitative estimate of drug-likeness (QED) is 0.423. The van der Waals surface area contributed by atoms with Crippen molar-refractivity contribution in [2.24, 2.45) is 11.3 Å². The van der Waals surface area contributed by atoms with E-state index in [1.807, 2.05) is 24.3 Å². The first-order valence-electron chi connectivity index (χ1n) is 11.7. The van der Waals surface area contributed by atoms with Crippen molar-refractivity contribution in [3.8, 4) is 6.07 Å². The van der Waals surface area contributed by atoms with E-state index < -0.39 is 23.3 Å². The second-order valence-corrected chi connectivity index (χ2v) is 11.3. The summed E-state index contributed by atoms with van der Waals surface area (Å²) >= 11 is 12.5. The van der Waals surface area contributed by atoms with Crippen molar-refractivity contribution in [1.29, 1.82) is 5.26 Å². The summed E-state index contributed by atoms with van der Waals surface area (Å²) in [6, 6.07) is 16.0. The monoisotopic (exact) mass is 517 g/mol. The summed E-state index contributed by atoms with van der Waals surface area (Å²) in [6.07, 6.45) is 0.639. The zero-order valence-corrected chi connectivity index (χ0v) is 21.8. The van der Waals surface area contributed by atoms with Crippen LogP contribution in [0.1, 0.15) is 44.2 Å². The summed E-state index contributed by atoms with van der Waals surface area (Å²) in [5, 5.41) is 37.1. The topological polar surface area (TPSA) is 105 Å². The highest BCUT2D eigenvalue weighted by atomic mass is 35.5. The van der Waals surface area contributed by atoms with Crippen molar-refractivity contribution < 1.29 is 15.0 Å². The van der Waals surface area contributed by atoms with Gasteiger partial charge in [0, 0.05) is 47.7 Å². The molecule has 6 nitrogen and oxygen atoms in total. The maximum Gasteiger partial charge on any atom is 0.237 e. The van der Waals surface area contributed by atoms with Gasteiger partial charge in [-0.3, -0.25) is 4.79 Å². The van der Waals surface area contributed by atoms with Crippen LogP contribution in [-0.2, 0) is 10.2 Å². The molecule has 0 aliphatic carbocycles. The van der Waals surface area contributed by atoms with Gasteiger partial charge in [-0.25, -0.2) is 0 Å². The van der Waals surface area contributed by atoms with Crippen LogP contribution in [0.25, 0.3) is 0 Å². The Morgan fingerprint density at radius 2 is 1.80 bits per heavy atom. The van der Waals surface area contributed by atoms with Gasteiger partial charge in [0.05, 0.1) is 12.1 Å². The molecule has 188 valence electrons. The van der Waals surface area contributed by atoms with E-state index in [2.05, 4.69) is 37.5 Å². The molecule has 1 aliphatic heterocycles. The fourth-order valence-corrected chi connectivity index (χ4v) is 5.32. The molecule has 1 amide bonds. The number of rotatable bonds is 8. The molecule has 2 aromatic carbocycles. The Kier molecular flexibility index (Phi) is 8.85. The molecule has 2 aromatic rings. The van der Waals surface area contributed by atoms with Crippen molar-refractivity contribution in [3.63, 3.8) is 0 Å². The number of carbonyl (C=O) groups is 1. The molecule has 4 N–H and O–H groups in total. The number of aliphatic hydroxyl groups excluding tert-OH is 2. The molecular formula is C27H33Cl2N3O3. The van der Waals surface area contributed by atoms with Gasteiger partial charge in [0.15, 0.2) is 0 Å². The standard InChI is InChI=1S/C27H33Cl2N3O3/c1-26(2,3)12-22-27(16-30,19-7-9-20(28)10-8-19)23(18-5-4-6-21(29)11-18)24(32-22)25(35)31-13-17(14-33)15-34/h4-11,17,22-24,32-34H,12-15H2,1-3H3,(H,31,35). The van der Waals surface area contributed by atoms with Gasteiger partial charge in [0.1, 0.15) is 5.41 Å². The van der Waals surface area contributed by atoms with Crippen LogP contribution in [-0.4, -0.2) is 48.0 Å². The van der Waals surface area contributed by atoms with Crippen LogP contribution in [0.15, 0.2) is 48.5 Å². The van der Waals surface area contributed by atoms with Crippen molar-refractivity contribution in [3.05, 3.63) is 69.7 Å². The largest absolute Gasteiger partial charge is 0.396 e. The molecule has 8 heteroatoms. The van der Waals surface area contributed by atoms with E-state index in [9.17, 15) is 20.3 Å². The Morgan fingerprint density at radius 1 is 1.14 bits per heavy atom. The SMILES string of the molecule is CC(C)(C)CC1NC(C(=O)NCC(CO)CO)C(c2cccc(Cl)c2)C1(C#N)c1ccc(Cl)cc1. The average molecular weight is 518 g/mol. The normalized spacial score (nSPS) is 24.4. The summed E-state index contributed by atoms with van der Waals surface area (Å²) < 4.78 is 0. The molecule has 1 saturated heterocycles. The molecule has 4 atom stereocenters. The first-order chi connectivity index (χ1) is 16.6. The van der Waals surface area contributed by atoms with Crippen LogP contribution in [0.5, 0.6) is 0 Å². The third kappa shape index (κ3) is 5.99. The molecule has 3 rings (SSSR count). The minimum Gasteiger partial charge on any atom is -0.396 e. The molecule has 0 bridgehead atoms. The van der Waals surface area contributed by atoms with Crippen LogP contribution in [0.2, 0.25) is 10.0 Å². The summed E-state index contributed by atoms with van der Waals surface area (Å²) in [5.41, 5.74) is 0.335. The Labute approximate surface area is 217 Å². The number of nitrogens with one attached hydrogen (secondary N) is 2. The molecule has 1 fully saturated rings. The van der Waals surface area contributed by atoms with E-state index in [0.29, 0.717) is 16.5 Å². The maximum absolute atomic E-state index is 13.6. The number of amides is 1. The third-order valence-electron chi connectivity index (χ3n) is 6.65. The van der Waals surface area contributed by atoms with Gasteiger partial charge >= 0.3 is 0 Å². The van der Waals surface area contributed by atoms with Crippen LogP contribution in [0.4, 0.5) is 0 Å². The highest BCUT2D eigenvalue weighted by Gasteiger charge is 2.59. The lowest BCUT2D eigenvalue weighted by Crippen LogP contribution is -2.47. The molecule has 1 aliphatic rings. The van der Waals surface area contributed by atoms with Gasteiger partial charge in [-0.05, 0) is 47.2 Å². The number of hydrogen-bond donors (Lipinski definition) is 4. The molecule has 0 saturated carbocycles. The van der Waals surface area contributed by atoms with Crippen molar-refractivity contribution >= 4 is 29.1 Å². The van der Waals surface area contributed by atoms with Gasteiger partial charge in [-0.15, -0.1) is 0 Å². The smallest absolute Gasteiger partial charge is 0.237 e. The van der Waals surface area contributed by atoms with Gasteiger partial charge < -0.3 is 20.8 Å². The summed E-state index contributed by atoms with van der Waals surface area (Å²) in [4.78, 5) is 13.6. The first kappa shape index (κ1) is 27.4. The zero-order valence-electron chi connectivity index (χ0n) is 20.3. The van der Waals surface area contributed by atoms with Crippen LogP contribution in [0, 0.1) is 22.7 Å². The molecule has 4 unspecified atom stereocenters. The Bertz CT molecular complexity index is 1060. The highest BCUT2D eigenvalue weighted by molar-refractivity contribution is 6.30. The zero-order chi connectivity index (χ0) is 25.8. The van der Waals surface area contributed by atoms with Gasteiger partial charge in [0.25, 0.3) is 0 Å². The van der Waals surface area contributed by atoms with E-state index in [4.69, 9.17) is 23.2 Å². The summed E-state index contributed by atoms with van der Waals surface area (Å²) in [7, 11) is 0. The van der Waals surface area contributed by atoms with Crippen molar-refractivity contribution in [2.45, 2.75) is 50.6 Å². The number of halogens is 2. The molecule has 1 heterocycles. The fraction of sp³-hybridized carbons (Fsp3) is 0.481. The van der Waals surface area contributed by atoms with E-state index in [1.54, 1.807) is 24.3 Å². The van der Waals surface area contributed by atoms with E-state index in [1.165, 1.54) is 0 Å². The van der Waals surface area contributed by atoms with E-state index in [0.717, 1.165) is 11.1 Å². The molecule has 0 aromatic heterocycles. The lowest BCUT2D eigenvalue weighted by molar-refractivity contribution is -0.123. The van der Waals surface area contributed by atoms with Crippen LogP contribution >= 0.6 is 23.2 Å². The minimum absolute atomic E-state index is 0.122. The lowest BCUT2D eigenvalue weighted by Gasteiger charge is -2.37. The highest BCUT2D eigenvalue weighted by Crippen LogP contribution is 2.51. The predicted molar refractivity (Wildman–Crippen MR) is 138 cm³/mol.